The molecule has 2 atom stereocenters. The molecule has 5 nitrogen and oxygen atoms in total. The van der Waals surface area contributed by atoms with Crippen LogP contribution in [0.1, 0.15) is 41.5 Å². The second-order valence-corrected chi connectivity index (χ2v) is 8.04. The summed E-state index contributed by atoms with van der Waals surface area (Å²) in [5, 5.41) is 10.8. The predicted octanol–water partition coefficient (Wildman–Crippen LogP) is 2.54. The molecule has 0 radical (unpaired) electrons. The highest BCUT2D eigenvalue weighted by atomic mass is 16.3. The maximum Gasteiger partial charge on any atom is 0.256 e. The third kappa shape index (κ3) is 4.14. The Morgan fingerprint density at radius 1 is 1.19 bits per heavy atom. The highest BCUT2D eigenvalue weighted by molar-refractivity contribution is 5.84. The summed E-state index contributed by atoms with van der Waals surface area (Å²) in [5.74, 6) is -0.0327. The van der Waals surface area contributed by atoms with Gasteiger partial charge in [-0.25, -0.2) is 0 Å². The number of hydrogen-bond donors (Lipinski definition) is 1. The van der Waals surface area contributed by atoms with Crippen LogP contribution in [0.4, 0.5) is 0 Å². The summed E-state index contributed by atoms with van der Waals surface area (Å²) < 4.78 is 1.39. The van der Waals surface area contributed by atoms with E-state index < -0.39 is 5.60 Å². The maximum absolute atomic E-state index is 12.9. The number of likely N-dealkylation sites (tertiary alicyclic amines) is 1. The zero-order valence-corrected chi connectivity index (χ0v) is 16.5. The summed E-state index contributed by atoms with van der Waals surface area (Å²) in [5.41, 5.74) is 2.78. The van der Waals surface area contributed by atoms with Crippen LogP contribution in [-0.4, -0.2) is 39.2 Å². The molecule has 1 aromatic carbocycles. The molecule has 3 rings (SSSR count). The molecule has 27 heavy (non-hydrogen) atoms. The molecule has 1 saturated heterocycles. The van der Waals surface area contributed by atoms with Gasteiger partial charge < -0.3 is 14.6 Å². The van der Waals surface area contributed by atoms with Crippen molar-refractivity contribution in [2.24, 2.45) is 0 Å². The number of nitrogens with zero attached hydrogens (tertiary/aromatic N) is 2. The van der Waals surface area contributed by atoms with Crippen molar-refractivity contribution in [3.05, 3.63) is 69.1 Å². The number of aromatic nitrogens is 1. The predicted molar refractivity (Wildman–Crippen MR) is 106 cm³/mol. The molecule has 1 amide bonds. The number of amides is 1. The zero-order valence-electron chi connectivity index (χ0n) is 16.5. The average molecular weight is 368 g/mol. The van der Waals surface area contributed by atoms with E-state index in [1.807, 2.05) is 6.92 Å². The van der Waals surface area contributed by atoms with Gasteiger partial charge in [0.15, 0.2) is 5.60 Å². The normalized spacial score (nSPS) is 19.1. The van der Waals surface area contributed by atoms with Crippen molar-refractivity contribution < 1.29 is 9.90 Å². The first-order chi connectivity index (χ1) is 12.7. The van der Waals surface area contributed by atoms with Gasteiger partial charge in [-0.15, -0.1) is 0 Å². The first-order valence-corrected chi connectivity index (χ1v) is 9.43. The first-order valence-electron chi connectivity index (χ1n) is 9.43. The number of rotatable bonds is 4. The fourth-order valence-corrected chi connectivity index (χ4v) is 3.96. The highest BCUT2D eigenvalue weighted by Crippen LogP contribution is 2.31. The molecular formula is C22H28N2O3. The Morgan fingerprint density at radius 3 is 2.56 bits per heavy atom. The van der Waals surface area contributed by atoms with Gasteiger partial charge in [-0.05, 0) is 56.9 Å². The Bertz CT molecular complexity index is 914. The van der Waals surface area contributed by atoms with Crippen molar-refractivity contribution in [2.45, 2.75) is 52.2 Å². The van der Waals surface area contributed by atoms with Crippen molar-refractivity contribution >= 4 is 5.91 Å². The molecule has 1 aliphatic heterocycles. The fourth-order valence-electron chi connectivity index (χ4n) is 3.96. The first kappa shape index (κ1) is 19.4. The average Bonchev–Trinajstić information content (AvgIpc) is 3.06. The minimum atomic E-state index is -1.61. The standard InChI is InChI=1S/C22H28N2O3/c1-15-5-6-19(17(3)11-15)18-8-10-23(13-18)21(26)22(4,27)14-24-9-7-16(2)12-20(24)25/h5-7,9,11-12,18,27H,8,10,13-14H2,1-4H3. The molecule has 1 aliphatic rings. The van der Waals surface area contributed by atoms with E-state index in [2.05, 4.69) is 32.0 Å². The molecule has 0 spiro atoms. The zero-order chi connectivity index (χ0) is 19.8. The SMILES string of the molecule is Cc1ccc(C2CCN(C(=O)C(C)(O)Cn3ccc(C)cc3=O)C2)c(C)c1. The Morgan fingerprint density at radius 2 is 1.89 bits per heavy atom. The van der Waals surface area contributed by atoms with Crippen LogP contribution in [0.5, 0.6) is 0 Å². The maximum atomic E-state index is 12.9. The van der Waals surface area contributed by atoms with E-state index in [1.54, 1.807) is 17.2 Å². The van der Waals surface area contributed by atoms with Crippen LogP contribution in [0.2, 0.25) is 0 Å². The quantitative estimate of drug-likeness (QED) is 0.902. The smallest absolute Gasteiger partial charge is 0.256 e. The van der Waals surface area contributed by atoms with Gasteiger partial charge in [0.05, 0.1) is 6.54 Å². The molecule has 2 heterocycles. The van der Waals surface area contributed by atoms with Crippen molar-refractivity contribution in [2.75, 3.05) is 13.1 Å². The minimum absolute atomic E-state index is 0.0460. The molecule has 5 heteroatoms. The number of aryl methyl sites for hydroxylation is 3. The number of pyridine rings is 1. The monoisotopic (exact) mass is 368 g/mol. The molecule has 1 fully saturated rings. The van der Waals surface area contributed by atoms with Gasteiger partial charge in [0, 0.05) is 31.3 Å². The van der Waals surface area contributed by atoms with Gasteiger partial charge in [0.25, 0.3) is 11.5 Å². The van der Waals surface area contributed by atoms with Gasteiger partial charge in [-0.3, -0.25) is 9.59 Å². The lowest BCUT2D eigenvalue weighted by Gasteiger charge is -2.28. The summed E-state index contributed by atoms with van der Waals surface area (Å²) in [6.45, 7) is 8.68. The topological polar surface area (TPSA) is 62.5 Å². The number of aliphatic hydroxyl groups is 1. The molecule has 0 bridgehead atoms. The molecular weight excluding hydrogens is 340 g/mol. The Balaban J connectivity index is 1.72. The van der Waals surface area contributed by atoms with Crippen molar-refractivity contribution in [3.8, 4) is 0 Å². The van der Waals surface area contributed by atoms with E-state index in [-0.39, 0.29) is 23.9 Å². The Labute approximate surface area is 160 Å². The highest BCUT2D eigenvalue weighted by Gasteiger charge is 2.38. The summed E-state index contributed by atoms with van der Waals surface area (Å²) in [6, 6.07) is 9.72. The minimum Gasteiger partial charge on any atom is -0.378 e. The van der Waals surface area contributed by atoms with Crippen molar-refractivity contribution in [1.29, 1.82) is 0 Å². The lowest BCUT2D eigenvalue weighted by atomic mass is 9.93. The van der Waals surface area contributed by atoms with E-state index in [0.717, 1.165) is 12.0 Å². The van der Waals surface area contributed by atoms with Crippen LogP contribution in [-0.2, 0) is 11.3 Å². The number of carbonyl (C=O) groups excluding carboxylic acids is 1. The second kappa shape index (κ2) is 7.31. The molecule has 2 unspecified atom stereocenters. The summed E-state index contributed by atoms with van der Waals surface area (Å²) in [7, 11) is 0. The van der Waals surface area contributed by atoms with E-state index in [4.69, 9.17) is 0 Å². The van der Waals surface area contributed by atoms with Crippen LogP contribution in [0.25, 0.3) is 0 Å². The van der Waals surface area contributed by atoms with Crippen LogP contribution in [0.15, 0.2) is 41.3 Å². The van der Waals surface area contributed by atoms with Gasteiger partial charge >= 0.3 is 0 Å². The van der Waals surface area contributed by atoms with Gasteiger partial charge in [0.2, 0.25) is 0 Å². The molecule has 1 N–H and O–H groups in total. The fraction of sp³-hybridized carbons (Fsp3) is 0.455. The third-order valence-electron chi connectivity index (χ3n) is 5.43. The molecule has 1 aromatic heterocycles. The lowest BCUT2D eigenvalue weighted by Crippen LogP contribution is -2.50. The molecule has 144 valence electrons. The molecule has 0 saturated carbocycles. The number of hydrogen-bond acceptors (Lipinski definition) is 3. The van der Waals surface area contributed by atoms with Crippen LogP contribution >= 0.6 is 0 Å². The van der Waals surface area contributed by atoms with Crippen molar-refractivity contribution in [3.63, 3.8) is 0 Å². The van der Waals surface area contributed by atoms with Gasteiger partial charge in [-0.1, -0.05) is 23.8 Å². The lowest BCUT2D eigenvalue weighted by molar-refractivity contribution is -0.149. The Hall–Kier alpha value is -2.40. The van der Waals surface area contributed by atoms with Crippen LogP contribution in [0, 0.1) is 20.8 Å². The summed E-state index contributed by atoms with van der Waals surface area (Å²) >= 11 is 0. The summed E-state index contributed by atoms with van der Waals surface area (Å²) in [6.07, 6.45) is 2.51. The number of benzene rings is 1. The van der Waals surface area contributed by atoms with E-state index in [1.165, 1.54) is 34.2 Å². The van der Waals surface area contributed by atoms with Gasteiger partial charge in [0.1, 0.15) is 0 Å². The second-order valence-electron chi connectivity index (χ2n) is 8.04. The molecule has 0 aliphatic carbocycles. The largest absolute Gasteiger partial charge is 0.378 e. The van der Waals surface area contributed by atoms with E-state index in [0.29, 0.717) is 13.1 Å². The van der Waals surface area contributed by atoms with Crippen molar-refractivity contribution in [1.82, 2.24) is 9.47 Å². The Kier molecular flexibility index (Phi) is 5.24. The van der Waals surface area contributed by atoms with E-state index in [9.17, 15) is 14.7 Å². The van der Waals surface area contributed by atoms with E-state index >= 15 is 0 Å². The number of carbonyl (C=O) groups is 1. The summed E-state index contributed by atoms with van der Waals surface area (Å²) in [4.78, 5) is 26.7. The molecule has 2 aromatic rings. The van der Waals surface area contributed by atoms with Crippen LogP contribution < -0.4 is 5.56 Å². The van der Waals surface area contributed by atoms with Crippen LogP contribution in [0.3, 0.4) is 0 Å². The third-order valence-corrected chi connectivity index (χ3v) is 5.43. The van der Waals surface area contributed by atoms with Gasteiger partial charge in [-0.2, -0.15) is 0 Å².